The van der Waals surface area contributed by atoms with Crippen LogP contribution in [-0.2, 0) is 6.18 Å². The number of hydrogen-bond acceptors (Lipinski definition) is 3. The number of halogens is 3. The predicted molar refractivity (Wildman–Crippen MR) is 74.9 cm³/mol. The first-order chi connectivity index (χ1) is 9.38. The van der Waals surface area contributed by atoms with E-state index in [1.54, 1.807) is 24.5 Å². The molecule has 0 fully saturated rings. The molecule has 1 aromatic heterocycles. The third-order valence-electron chi connectivity index (χ3n) is 2.54. The Morgan fingerprint density at radius 1 is 1.20 bits per heavy atom. The molecule has 0 bridgehead atoms. The zero-order valence-corrected chi connectivity index (χ0v) is 10.9. The third kappa shape index (κ3) is 3.24. The Bertz CT molecular complexity index is 627. The molecule has 0 spiro atoms. The van der Waals surface area contributed by atoms with E-state index in [1.807, 2.05) is 0 Å². The van der Waals surface area contributed by atoms with Crippen molar-refractivity contribution in [1.29, 1.82) is 0 Å². The highest BCUT2D eigenvalue weighted by Crippen LogP contribution is 2.33. The SMILES string of the molecule is NC(=S)c1cc(Nc2cccnc2)ccc1C(F)(F)F. The van der Waals surface area contributed by atoms with E-state index in [0.717, 1.165) is 6.07 Å². The molecule has 0 aliphatic carbocycles. The van der Waals surface area contributed by atoms with Crippen molar-refractivity contribution in [3.8, 4) is 0 Å². The lowest BCUT2D eigenvalue weighted by Gasteiger charge is -2.14. The van der Waals surface area contributed by atoms with Gasteiger partial charge in [0.1, 0.15) is 4.99 Å². The van der Waals surface area contributed by atoms with E-state index in [0.29, 0.717) is 11.4 Å². The number of nitrogens with one attached hydrogen (secondary N) is 1. The van der Waals surface area contributed by atoms with Crippen LogP contribution in [0.5, 0.6) is 0 Å². The maximum Gasteiger partial charge on any atom is 0.417 e. The van der Waals surface area contributed by atoms with Gasteiger partial charge in [-0.3, -0.25) is 4.98 Å². The third-order valence-corrected chi connectivity index (χ3v) is 2.76. The summed E-state index contributed by atoms with van der Waals surface area (Å²) in [4.78, 5) is 3.60. The second-order valence-electron chi connectivity index (χ2n) is 3.99. The lowest BCUT2D eigenvalue weighted by Crippen LogP contribution is -2.18. The summed E-state index contributed by atoms with van der Waals surface area (Å²) in [5.41, 5.74) is 5.42. The summed E-state index contributed by atoms with van der Waals surface area (Å²) < 4.78 is 38.5. The van der Waals surface area contributed by atoms with Crippen LogP contribution in [0, 0.1) is 0 Å². The topological polar surface area (TPSA) is 50.9 Å². The van der Waals surface area contributed by atoms with Crippen LogP contribution in [0.25, 0.3) is 0 Å². The molecule has 0 saturated carbocycles. The lowest BCUT2D eigenvalue weighted by molar-refractivity contribution is -0.137. The summed E-state index contributed by atoms with van der Waals surface area (Å²) in [6.45, 7) is 0. The fourth-order valence-corrected chi connectivity index (χ4v) is 1.85. The number of pyridine rings is 1. The number of nitrogens with two attached hydrogens (primary N) is 1. The normalized spacial score (nSPS) is 11.2. The first-order valence-electron chi connectivity index (χ1n) is 5.56. The van der Waals surface area contributed by atoms with Crippen molar-refractivity contribution in [3.05, 3.63) is 53.9 Å². The molecule has 0 aliphatic heterocycles. The number of hydrogen-bond donors (Lipinski definition) is 2. The number of nitrogens with zero attached hydrogens (tertiary/aromatic N) is 1. The van der Waals surface area contributed by atoms with Gasteiger partial charge in [-0.2, -0.15) is 13.2 Å². The number of rotatable bonds is 3. The minimum Gasteiger partial charge on any atom is -0.389 e. The fraction of sp³-hybridized carbons (Fsp3) is 0.0769. The van der Waals surface area contributed by atoms with E-state index in [-0.39, 0.29) is 10.6 Å². The van der Waals surface area contributed by atoms with Crippen LogP contribution in [0.1, 0.15) is 11.1 Å². The van der Waals surface area contributed by atoms with Crippen molar-refractivity contribution in [2.75, 3.05) is 5.32 Å². The van der Waals surface area contributed by atoms with E-state index in [9.17, 15) is 13.2 Å². The van der Waals surface area contributed by atoms with Crippen molar-refractivity contribution < 1.29 is 13.2 Å². The van der Waals surface area contributed by atoms with Crippen molar-refractivity contribution in [2.45, 2.75) is 6.18 Å². The van der Waals surface area contributed by atoms with Crippen LogP contribution in [-0.4, -0.2) is 9.97 Å². The molecule has 2 aromatic rings. The summed E-state index contributed by atoms with van der Waals surface area (Å²) in [7, 11) is 0. The van der Waals surface area contributed by atoms with E-state index in [2.05, 4.69) is 22.5 Å². The van der Waals surface area contributed by atoms with Crippen LogP contribution in [0.15, 0.2) is 42.7 Å². The Kier molecular flexibility index (Phi) is 3.89. The molecule has 7 heteroatoms. The molecule has 0 aliphatic rings. The minimum absolute atomic E-state index is 0.207. The maximum absolute atomic E-state index is 12.8. The van der Waals surface area contributed by atoms with Crippen LogP contribution in [0.4, 0.5) is 24.5 Å². The number of benzene rings is 1. The van der Waals surface area contributed by atoms with Gasteiger partial charge in [0.15, 0.2) is 0 Å². The summed E-state index contributed by atoms with van der Waals surface area (Å²) in [6.07, 6.45) is -1.35. The molecule has 20 heavy (non-hydrogen) atoms. The fourth-order valence-electron chi connectivity index (χ4n) is 1.68. The van der Waals surface area contributed by atoms with Crippen molar-refractivity contribution in [2.24, 2.45) is 5.73 Å². The Morgan fingerprint density at radius 2 is 1.95 bits per heavy atom. The largest absolute Gasteiger partial charge is 0.417 e. The average molecular weight is 297 g/mol. The molecule has 3 N–H and O–H groups in total. The predicted octanol–water partition coefficient (Wildman–Crippen LogP) is 3.48. The van der Waals surface area contributed by atoms with Gasteiger partial charge in [-0.05, 0) is 30.3 Å². The van der Waals surface area contributed by atoms with E-state index in [1.165, 1.54) is 12.1 Å². The van der Waals surface area contributed by atoms with Gasteiger partial charge in [0.25, 0.3) is 0 Å². The summed E-state index contributed by atoms with van der Waals surface area (Å²) >= 11 is 4.68. The van der Waals surface area contributed by atoms with Crippen LogP contribution < -0.4 is 11.1 Å². The highest BCUT2D eigenvalue weighted by atomic mass is 32.1. The Morgan fingerprint density at radius 3 is 2.50 bits per heavy atom. The Hall–Kier alpha value is -2.15. The molecule has 0 radical (unpaired) electrons. The zero-order valence-electron chi connectivity index (χ0n) is 10.1. The summed E-state index contributed by atoms with van der Waals surface area (Å²) in [5, 5.41) is 2.93. The van der Waals surface area contributed by atoms with Gasteiger partial charge in [-0.15, -0.1) is 0 Å². The van der Waals surface area contributed by atoms with Crippen molar-refractivity contribution in [3.63, 3.8) is 0 Å². The Balaban J connectivity index is 2.38. The molecule has 0 atom stereocenters. The molecule has 0 amide bonds. The molecule has 1 heterocycles. The molecular formula is C13H10F3N3S. The number of alkyl halides is 3. The molecule has 104 valence electrons. The van der Waals surface area contributed by atoms with E-state index < -0.39 is 11.7 Å². The lowest BCUT2D eigenvalue weighted by atomic mass is 10.1. The van der Waals surface area contributed by atoms with E-state index >= 15 is 0 Å². The van der Waals surface area contributed by atoms with Crippen molar-refractivity contribution >= 4 is 28.6 Å². The van der Waals surface area contributed by atoms with Crippen molar-refractivity contribution in [1.82, 2.24) is 4.98 Å². The highest BCUT2D eigenvalue weighted by Gasteiger charge is 2.34. The summed E-state index contributed by atoms with van der Waals surface area (Å²) in [6, 6.07) is 6.99. The average Bonchev–Trinajstić information content (AvgIpc) is 2.38. The smallest absolute Gasteiger partial charge is 0.389 e. The molecule has 2 rings (SSSR count). The quantitative estimate of drug-likeness (QED) is 0.852. The highest BCUT2D eigenvalue weighted by molar-refractivity contribution is 7.80. The van der Waals surface area contributed by atoms with Gasteiger partial charge < -0.3 is 11.1 Å². The van der Waals surface area contributed by atoms with Gasteiger partial charge in [0.05, 0.1) is 17.4 Å². The van der Waals surface area contributed by atoms with Crippen LogP contribution in [0.2, 0.25) is 0 Å². The molecule has 0 saturated heterocycles. The van der Waals surface area contributed by atoms with Gasteiger partial charge in [-0.25, -0.2) is 0 Å². The monoisotopic (exact) mass is 297 g/mol. The summed E-state index contributed by atoms with van der Waals surface area (Å²) in [5.74, 6) is 0. The first kappa shape index (κ1) is 14.3. The van der Waals surface area contributed by atoms with Gasteiger partial charge >= 0.3 is 6.18 Å². The number of aromatic nitrogens is 1. The zero-order chi connectivity index (χ0) is 14.8. The molecule has 3 nitrogen and oxygen atoms in total. The number of thiocarbonyl (C=S) groups is 1. The first-order valence-corrected chi connectivity index (χ1v) is 5.97. The van der Waals surface area contributed by atoms with Crippen LogP contribution in [0.3, 0.4) is 0 Å². The number of anilines is 2. The van der Waals surface area contributed by atoms with Gasteiger partial charge in [0.2, 0.25) is 0 Å². The van der Waals surface area contributed by atoms with Gasteiger partial charge in [0, 0.05) is 17.4 Å². The minimum atomic E-state index is -4.49. The molecule has 0 unspecified atom stereocenters. The molecular weight excluding hydrogens is 287 g/mol. The second kappa shape index (κ2) is 5.46. The van der Waals surface area contributed by atoms with Gasteiger partial charge in [-0.1, -0.05) is 12.2 Å². The standard InChI is InChI=1S/C13H10F3N3S/c14-13(15,16)11-4-3-8(6-10(11)12(17)20)19-9-2-1-5-18-7-9/h1-7,19H,(H2,17,20). The van der Waals surface area contributed by atoms with Crippen LogP contribution >= 0.6 is 12.2 Å². The van der Waals surface area contributed by atoms with E-state index in [4.69, 9.17) is 5.73 Å². The second-order valence-corrected chi connectivity index (χ2v) is 4.43. The molecule has 1 aromatic carbocycles. The Labute approximate surface area is 118 Å². The maximum atomic E-state index is 12.8.